The highest BCUT2D eigenvalue weighted by atomic mass is 32.1. The number of nitrogens with zero attached hydrogens (tertiary/aromatic N) is 4. The van der Waals surface area contributed by atoms with Crippen LogP contribution in [0.4, 0.5) is 0 Å². The third-order valence-electron chi connectivity index (χ3n) is 18.0. The summed E-state index contributed by atoms with van der Waals surface area (Å²) in [6, 6.07) is 91.2. The van der Waals surface area contributed by atoms with Crippen molar-refractivity contribution in [1.29, 1.82) is 0 Å². The molecule has 4 nitrogen and oxygen atoms in total. The molecule has 18 aromatic rings. The standard InChI is InChI=1S/C43H30N2S.C40H24N2S/c1-25-19-26(2)41(27(3)20-25)32-13-16-40-38(24-32)37-23-31(12-15-39(37)46-40)29-8-6-7-28(21-29)30-11-14-35-36(22-30)33-9-4-5-10-34(33)42-43(35)45-18-17-44-42;1-2-6-25(7-3-1)29-15-18-37-35(23-29)36-24-30(16-19-38(36)43-37)27-12-10-26(11-13-27)28-14-17-33-34(22-28)31-8-4-5-9-32(31)39-40(33)42-21-20-41-39/h4-24H,1-3H3;1-24H. The van der Waals surface area contributed by atoms with E-state index in [4.69, 9.17) is 15.0 Å². The Morgan fingerprint density at radius 2 is 0.506 bits per heavy atom. The normalized spacial score (nSPS) is 11.8. The summed E-state index contributed by atoms with van der Waals surface area (Å²) in [6.45, 7) is 6.63. The molecule has 418 valence electrons. The first-order valence-electron chi connectivity index (χ1n) is 30.2. The van der Waals surface area contributed by atoms with Crippen molar-refractivity contribution >= 4 is 128 Å². The topological polar surface area (TPSA) is 51.6 Å². The minimum atomic E-state index is 0.948. The third-order valence-corrected chi connectivity index (χ3v) is 20.3. The van der Waals surface area contributed by atoms with Crippen molar-refractivity contribution in [3.05, 3.63) is 290 Å². The highest BCUT2D eigenvalue weighted by Crippen LogP contribution is 2.44. The summed E-state index contributed by atoms with van der Waals surface area (Å²) >= 11 is 3.74. The van der Waals surface area contributed by atoms with Gasteiger partial charge in [0.25, 0.3) is 0 Å². The van der Waals surface area contributed by atoms with Gasteiger partial charge in [-0.05, 0) is 187 Å². The fourth-order valence-corrected chi connectivity index (χ4v) is 16.0. The number of aromatic nitrogens is 4. The molecule has 14 aromatic carbocycles. The van der Waals surface area contributed by atoms with E-state index in [-0.39, 0.29) is 0 Å². The zero-order valence-electron chi connectivity index (χ0n) is 49.1. The van der Waals surface area contributed by atoms with E-state index in [1.54, 1.807) is 24.8 Å². The molecule has 0 spiro atoms. The van der Waals surface area contributed by atoms with Crippen LogP contribution in [0, 0.1) is 20.8 Å². The largest absolute Gasteiger partial charge is 0.252 e. The van der Waals surface area contributed by atoms with Crippen LogP contribution < -0.4 is 0 Å². The first kappa shape index (κ1) is 52.6. The number of hydrogen-bond donors (Lipinski definition) is 0. The molecule has 0 unspecified atom stereocenters. The van der Waals surface area contributed by atoms with E-state index in [0.717, 1.165) is 43.6 Å². The second-order valence-corrected chi connectivity index (χ2v) is 25.6. The van der Waals surface area contributed by atoms with Crippen molar-refractivity contribution in [3.8, 4) is 66.8 Å². The van der Waals surface area contributed by atoms with E-state index in [1.807, 2.05) is 22.7 Å². The Morgan fingerprint density at radius 1 is 0.213 bits per heavy atom. The molecule has 0 atom stereocenters. The highest BCUT2D eigenvalue weighted by molar-refractivity contribution is 7.26. The summed E-state index contributed by atoms with van der Waals surface area (Å²) in [4.78, 5) is 18.8. The second kappa shape index (κ2) is 21.3. The van der Waals surface area contributed by atoms with E-state index in [0.29, 0.717) is 0 Å². The molecule has 0 bridgehead atoms. The fourth-order valence-electron chi connectivity index (χ4n) is 13.9. The van der Waals surface area contributed by atoms with Gasteiger partial charge in [-0.2, -0.15) is 0 Å². The van der Waals surface area contributed by atoms with Crippen molar-refractivity contribution < 1.29 is 0 Å². The minimum Gasteiger partial charge on any atom is -0.252 e. The van der Waals surface area contributed by atoms with Crippen LogP contribution in [0.2, 0.25) is 0 Å². The van der Waals surface area contributed by atoms with Crippen LogP contribution >= 0.6 is 22.7 Å². The maximum Gasteiger partial charge on any atom is 0.0971 e. The third kappa shape index (κ3) is 9.10. The van der Waals surface area contributed by atoms with Gasteiger partial charge in [-0.15, -0.1) is 22.7 Å². The maximum absolute atomic E-state index is 4.73. The van der Waals surface area contributed by atoms with Crippen LogP contribution in [0.3, 0.4) is 0 Å². The molecule has 0 radical (unpaired) electrons. The molecule has 4 heterocycles. The number of rotatable bonds is 6. The molecular weight excluding hydrogens is 1120 g/mol. The van der Waals surface area contributed by atoms with E-state index in [1.165, 1.54) is 145 Å². The van der Waals surface area contributed by atoms with Crippen molar-refractivity contribution in [2.45, 2.75) is 20.8 Å². The molecule has 0 fully saturated rings. The molecular formula is C83H54N4S2. The zero-order chi connectivity index (χ0) is 59.3. The lowest BCUT2D eigenvalue weighted by molar-refractivity contribution is 1.31. The van der Waals surface area contributed by atoms with Crippen LogP contribution in [0.5, 0.6) is 0 Å². The quantitative estimate of drug-likeness (QED) is 0.156. The molecule has 89 heavy (non-hydrogen) atoms. The lowest BCUT2D eigenvalue weighted by Gasteiger charge is -2.12. The summed E-state index contributed by atoms with van der Waals surface area (Å²) in [6.07, 6.45) is 7.12. The first-order valence-corrected chi connectivity index (χ1v) is 31.8. The Balaban J connectivity index is 0.000000138. The average Bonchev–Trinajstić information content (AvgIpc) is 2.62. The molecule has 18 rings (SSSR count). The van der Waals surface area contributed by atoms with E-state index in [9.17, 15) is 0 Å². The van der Waals surface area contributed by atoms with Crippen molar-refractivity contribution in [3.63, 3.8) is 0 Å². The predicted molar refractivity (Wildman–Crippen MR) is 382 cm³/mol. The smallest absolute Gasteiger partial charge is 0.0971 e. The Hall–Kier alpha value is -10.8. The number of fused-ring (bicyclic) bond motifs is 18. The monoisotopic (exact) mass is 1170 g/mol. The molecule has 0 saturated carbocycles. The summed E-state index contributed by atoms with van der Waals surface area (Å²) < 4.78 is 5.29. The molecule has 0 saturated heterocycles. The number of thiophene rings is 2. The minimum absolute atomic E-state index is 0.948. The molecule has 0 N–H and O–H groups in total. The number of hydrogen-bond acceptors (Lipinski definition) is 6. The van der Waals surface area contributed by atoms with Gasteiger partial charge in [-0.3, -0.25) is 19.9 Å². The Labute approximate surface area is 522 Å². The summed E-state index contributed by atoms with van der Waals surface area (Å²) in [5, 5.41) is 14.6. The van der Waals surface area contributed by atoms with Gasteiger partial charge in [0.15, 0.2) is 0 Å². The van der Waals surface area contributed by atoms with Crippen LogP contribution in [0.15, 0.2) is 274 Å². The molecule has 0 amide bonds. The van der Waals surface area contributed by atoms with Gasteiger partial charge in [0.1, 0.15) is 0 Å². The molecule has 4 aromatic heterocycles. The SMILES string of the molecule is Cc1cc(C)c(-c2ccc3sc4ccc(-c5cccc(-c6ccc7c(c6)c6ccccc6c6nccnc76)c5)cc4c3c2)c(C)c1.c1ccc(-c2ccc3sc4ccc(-c5ccc(-c6ccc7c(c6)c6ccccc6c6nccnc76)cc5)cc4c3c2)cc1. The van der Waals surface area contributed by atoms with Gasteiger partial charge < -0.3 is 0 Å². The van der Waals surface area contributed by atoms with Gasteiger partial charge in [-0.1, -0.05) is 188 Å². The second-order valence-electron chi connectivity index (χ2n) is 23.5. The van der Waals surface area contributed by atoms with E-state index < -0.39 is 0 Å². The van der Waals surface area contributed by atoms with Gasteiger partial charge in [0.05, 0.1) is 22.1 Å². The molecule has 0 aliphatic carbocycles. The zero-order valence-corrected chi connectivity index (χ0v) is 50.7. The van der Waals surface area contributed by atoms with Crippen LogP contribution in [0.25, 0.3) is 172 Å². The maximum atomic E-state index is 4.73. The van der Waals surface area contributed by atoms with Crippen LogP contribution in [-0.2, 0) is 0 Å². The average molecular weight is 1170 g/mol. The van der Waals surface area contributed by atoms with Crippen LogP contribution in [0.1, 0.15) is 16.7 Å². The van der Waals surface area contributed by atoms with Gasteiger partial charge in [-0.25, -0.2) is 0 Å². The van der Waals surface area contributed by atoms with E-state index >= 15 is 0 Å². The summed E-state index contributed by atoms with van der Waals surface area (Å²) in [5.41, 5.74) is 22.6. The van der Waals surface area contributed by atoms with Gasteiger partial charge in [0, 0.05) is 86.7 Å². The summed E-state index contributed by atoms with van der Waals surface area (Å²) in [5.74, 6) is 0. The molecule has 0 aliphatic rings. The Kier molecular flexibility index (Phi) is 12.6. The predicted octanol–water partition coefficient (Wildman–Crippen LogP) is 23.5. The molecule has 6 heteroatoms. The lowest BCUT2D eigenvalue weighted by Crippen LogP contribution is -1.90. The highest BCUT2D eigenvalue weighted by Gasteiger charge is 2.17. The molecule has 0 aliphatic heterocycles. The first-order chi connectivity index (χ1) is 43.8. The Bertz CT molecular complexity index is 5810. The van der Waals surface area contributed by atoms with Gasteiger partial charge in [0.2, 0.25) is 0 Å². The van der Waals surface area contributed by atoms with Crippen molar-refractivity contribution in [2.24, 2.45) is 0 Å². The van der Waals surface area contributed by atoms with Gasteiger partial charge >= 0.3 is 0 Å². The number of aryl methyl sites for hydroxylation is 3. The van der Waals surface area contributed by atoms with Crippen LogP contribution in [-0.4, -0.2) is 19.9 Å². The number of benzene rings is 14. The Morgan fingerprint density at radius 3 is 0.933 bits per heavy atom. The van der Waals surface area contributed by atoms with Crippen molar-refractivity contribution in [2.75, 3.05) is 0 Å². The fraction of sp³-hybridized carbons (Fsp3) is 0.0361. The van der Waals surface area contributed by atoms with Crippen molar-refractivity contribution in [1.82, 2.24) is 19.9 Å². The van der Waals surface area contributed by atoms with E-state index in [2.05, 4.69) is 274 Å². The summed E-state index contributed by atoms with van der Waals surface area (Å²) in [7, 11) is 0. The lowest BCUT2D eigenvalue weighted by atomic mass is 9.92.